The molecule has 0 bridgehead atoms. The van der Waals surface area contributed by atoms with Gasteiger partial charge >= 0.3 is 0 Å². The number of fused-ring (bicyclic) bond motifs is 1. The van der Waals surface area contributed by atoms with E-state index in [0.717, 1.165) is 35.0 Å². The zero-order chi connectivity index (χ0) is 20.5. The van der Waals surface area contributed by atoms with Crippen molar-refractivity contribution < 1.29 is 14.0 Å². The van der Waals surface area contributed by atoms with E-state index in [1.165, 1.54) is 12.1 Å². The fraction of sp³-hybridized carbons (Fsp3) is 0.200. The first kappa shape index (κ1) is 18.6. The molecule has 0 N–H and O–H groups in total. The molecule has 0 saturated carbocycles. The van der Waals surface area contributed by atoms with Gasteiger partial charge in [-0.15, -0.1) is 0 Å². The van der Waals surface area contributed by atoms with Crippen LogP contribution in [0.3, 0.4) is 0 Å². The molecule has 0 aliphatic carbocycles. The molecule has 2 unspecified atom stereocenters. The third kappa shape index (κ3) is 3.36. The predicted octanol–water partition coefficient (Wildman–Crippen LogP) is 5.70. The fourth-order valence-corrected chi connectivity index (χ4v) is 4.18. The Kier molecular flexibility index (Phi) is 4.79. The van der Waals surface area contributed by atoms with Crippen LogP contribution in [-0.2, 0) is 4.84 Å². The molecule has 1 saturated heterocycles. The van der Waals surface area contributed by atoms with Gasteiger partial charge in [0.05, 0.1) is 18.2 Å². The summed E-state index contributed by atoms with van der Waals surface area (Å²) in [5, 5.41) is 1.94. The lowest BCUT2D eigenvalue weighted by Crippen LogP contribution is -2.29. The van der Waals surface area contributed by atoms with Crippen LogP contribution in [0.25, 0.3) is 0 Å². The minimum atomic E-state index is -0.234. The number of para-hydroxylation sites is 1. The molecule has 4 nitrogen and oxygen atoms in total. The van der Waals surface area contributed by atoms with E-state index in [2.05, 4.69) is 23.2 Å². The third-order valence-electron chi connectivity index (χ3n) is 5.58. The highest BCUT2D eigenvalue weighted by Gasteiger charge is 2.46. The van der Waals surface area contributed by atoms with Crippen molar-refractivity contribution in [1.82, 2.24) is 0 Å². The largest absolute Gasteiger partial charge is 0.494 e. The third-order valence-corrected chi connectivity index (χ3v) is 5.58. The van der Waals surface area contributed by atoms with Crippen molar-refractivity contribution in [3.8, 4) is 5.75 Å². The van der Waals surface area contributed by atoms with Crippen LogP contribution in [-0.4, -0.2) is 13.2 Å². The van der Waals surface area contributed by atoms with E-state index in [0.29, 0.717) is 6.61 Å². The summed E-state index contributed by atoms with van der Waals surface area (Å²) in [6.45, 7) is 3.41. The molecule has 2 atom stereocenters. The lowest BCUT2D eigenvalue weighted by atomic mass is 9.93. The second-order valence-electron chi connectivity index (χ2n) is 7.47. The number of rotatable bonds is 5. The molecule has 5 rings (SSSR count). The van der Waals surface area contributed by atoms with Gasteiger partial charge < -0.3 is 14.5 Å². The van der Waals surface area contributed by atoms with Crippen LogP contribution >= 0.6 is 0 Å². The molecule has 2 aliphatic rings. The Bertz CT molecular complexity index is 1040. The molecule has 3 aromatic carbocycles. The first-order valence-corrected chi connectivity index (χ1v) is 10.2. The highest BCUT2D eigenvalue weighted by atomic mass is 19.1. The second kappa shape index (κ2) is 7.75. The summed E-state index contributed by atoms with van der Waals surface area (Å²) in [5.41, 5.74) is 3.10. The molecular formula is C25H23FN2O2. The van der Waals surface area contributed by atoms with E-state index < -0.39 is 0 Å². The van der Waals surface area contributed by atoms with Gasteiger partial charge in [-0.25, -0.2) is 9.45 Å². The second-order valence-corrected chi connectivity index (χ2v) is 7.47. The van der Waals surface area contributed by atoms with Gasteiger partial charge in [0.25, 0.3) is 0 Å². The number of hydrogen-bond acceptors (Lipinski definition) is 4. The standard InChI is InChI=1S/C25H23FN2O2/c1-2-29-22-14-12-20(13-15-22)27-16-23-24(17-27)30-28(21-6-4-3-5-7-21)25(23)18-8-10-19(26)11-9-18/h3-15,17,23,25H,2,16H2,1H3. The summed E-state index contributed by atoms with van der Waals surface area (Å²) in [4.78, 5) is 8.52. The molecular weight excluding hydrogens is 379 g/mol. The van der Waals surface area contributed by atoms with E-state index in [9.17, 15) is 4.39 Å². The molecule has 2 heterocycles. The Morgan fingerprint density at radius 3 is 2.37 bits per heavy atom. The maximum atomic E-state index is 13.6. The van der Waals surface area contributed by atoms with Gasteiger partial charge in [0.15, 0.2) is 5.76 Å². The maximum Gasteiger partial charge on any atom is 0.155 e. The Morgan fingerprint density at radius 2 is 1.67 bits per heavy atom. The summed E-state index contributed by atoms with van der Waals surface area (Å²) < 4.78 is 19.1. The van der Waals surface area contributed by atoms with E-state index in [1.54, 1.807) is 0 Å². The van der Waals surface area contributed by atoms with Gasteiger partial charge in [-0.1, -0.05) is 30.3 Å². The van der Waals surface area contributed by atoms with Gasteiger partial charge in [-0.2, -0.15) is 0 Å². The molecule has 0 aromatic heterocycles. The number of benzene rings is 3. The van der Waals surface area contributed by atoms with Gasteiger partial charge in [-0.05, 0) is 61.0 Å². The molecule has 0 radical (unpaired) electrons. The smallest absolute Gasteiger partial charge is 0.155 e. The van der Waals surface area contributed by atoms with Crippen molar-refractivity contribution in [2.75, 3.05) is 23.1 Å². The Hall–Kier alpha value is -3.47. The zero-order valence-electron chi connectivity index (χ0n) is 16.7. The number of anilines is 2. The van der Waals surface area contributed by atoms with Crippen molar-refractivity contribution >= 4 is 11.4 Å². The molecule has 152 valence electrons. The molecule has 2 aliphatic heterocycles. The topological polar surface area (TPSA) is 24.9 Å². The highest BCUT2D eigenvalue weighted by Crippen LogP contribution is 2.47. The fourth-order valence-electron chi connectivity index (χ4n) is 4.18. The molecule has 0 spiro atoms. The summed E-state index contributed by atoms with van der Waals surface area (Å²) >= 11 is 0. The van der Waals surface area contributed by atoms with Crippen LogP contribution in [0.4, 0.5) is 15.8 Å². The van der Waals surface area contributed by atoms with E-state index in [-0.39, 0.29) is 17.8 Å². The number of ether oxygens (including phenoxy) is 1. The van der Waals surface area contributed by atoms with Gasteiger partial charge in [0.2, 0.25) is 0 Å². The summed E-state index contributed by atoms with van der Waals surface area (Å²) in [6.07, 6.45) is 2.07. The molecule has 5 heteroatoms. The van der Waals surface area contributed by atoms with Crippen molar-refractivity contribution in [3.05, 3.63) is 102 Å². The van der Waals surface area contributed by atoms with E-state index in [4.69, 9.17) is 9.57 Å². The van der Waals surface area contributed by atoms with Gasteiger partial charge in [0.1, 0.15) is 17.6 Å². The van der Waals surface area contributed by atoms with Crippen molar-refractivity contribution in [2.45, 2.75) is 13.0 Å². The van der Waals surface area contributed by atoms with Crippen molar-refractivity contribution in [1.29, 1.82) is 0 Å². The van der Waals surface area contributed by atoms with Crippen molar-refractivity contribution in [2.24, 2.45) is 5.92 Å². The van der Waals surface area contributed by atoms with Gasteiger partial charge in [0, 0.05) is 18.4 Å². The lowest BCUT2D eigenvalue weighted by molar-refractivity contribution is 0.213. The zero-order valence-corrected chi connectivity index (χ0v) is 16.7. The minimum absolute atomic E-state index is 0.0352. The number of hydrogen-bond donors (Lipinski definition) is 0. The highest BCUT2D eigenvalue weighted by molar-refractivity contribution is 5.57. The normalized spacial score (nSPS) is 20.0. The predicted molar refractivity (Wildman–Crippen MR) is 116 cm³/mol. The van der Waals surface area contributed by atoms with Crippen LogP contribution < -0.4 is 14.7 Å². The van der Waals surface area contributed by atoms with Gasteiger partial charge in [-0.3, -0.25) is 0 Å². The molecule has 1 fully saturated rings. The summed E-state index contributed by atoms with van der Waals surface area (Å²) in [7, 11) is 0. The molecule has 30 heavy (non-hydrogen) atoms. The quantitative estimate of drug-likeness (QED) is 0.547. The van der Waals surface area contributed by atoms with Crippen LogP contribution in [0.2, 0.25) is 0 Å². The van der Waals surface area contributed by atoms with Crippen LogP contribution in [0.15, 0.2) is 90.8 Å². The average Bonchev–Trinajstić information content (AvgIpc) is 3.34. The SMILES string of the molecule is CCOc1ccc(N2C=C3ON(c4ccccc4)C(c4ccc(F)cc4)C3C2)cc1. The Morgan fingerprint density at radius 1 is 0.933 bits per heavy atom. The lowest BCUT2D eigenvalue weighted by Gasteiger charge is -2.28. The number of hydroxylamine groups is 1. The first-order valence-electron chi connectivity index (χ1n) is 10.2. The van der Waals surface area contributed by atoms with E-state index in [1.807, 2.05) is 66.6 Å². The minimum Gasteiger partial charge on any atom is -0.494 e. The van der Waals surface area contributed by atoms with Crippen LogP contribution in [0.5, 0.6) is 5.75 Å². The summed E-state index contributed by atoms with van der Waals surface area (Å²) in [6, 6.07) is 24.8. The maximum absolute atomic E-state index is 13.6. The van der Waals surface area contributed by atoms with Crippen molar-refractivity contribution in [3.63, 3.8) is 0 Å². The average molecular weight is 402 g/mol. The van der Waals surface area contributed by atoms with E-state index >= 15 is 0 Å². The summed E-state index contributed by atoms with van der Waals surface area (Å²) in [5.74, 6) is 1.69. The number of nitrogens with zero attached hydrogens (tertiary/aromatic N) is 2. The Labute approximate surface area is 175 Å². The van der Waals surface area contributed by atoms with Crippen LogP contribution in [0.1, 0.15) is 18.5 Å². The Balaban J connectivity index is 1.46. The monoisotopic (exact) mass is 402 g/mol. The molecule has 3 aromatic rings. The molecule has 0 amide bonds. The first-order chi connectivity index (χ1) is 14.7. The van der Waals surface area contributed by atoms with Crippen LogP contribution in [0, 0.1) is 11.7 Å². The number of halogens is 1.